The fourth-order valence-corrected chi connectivity index (χ4v) is 5.23. The Morgan fingerprint density at radius 3 is 2.43 bits per heavy atom. The van der Waals surface area contributed by atoms with Crippen LogP contribution in [0.15, 0.2) is 52.7 Å². The van der Waals surface area contributed by atoms with E-state index in [0.29, 0.717) is 6.42 Å². The maximum Gasteiger partial charge on any atom is 0.407 e. The van der Waals surface area contributed by atoms with E-state index in [2.05, 4.69) is 12.2 Å². The third kappa shape index (κ3) is 7.74. The highest BCUT2D eigenvalue weighted by Gasteiger charge is 2.29. The van der Waals surface area contributed by atoms with Crippen LogP contribution in [0.5, 0.6) is 0 Å². The molecule has 0 radical (unpaired) electrons. The Morgan fingerprint density at radius 1 is 1.17 bits per heavy atom. The van der Waals surface area contributed by atoms with Gasteiger partial charge >= 0.3 is 6.09 Å². The molecule has 0 spiro atoms. The molecule has 0 aliphatic heterocycles. The average molecular weight is 453 g/mol. The van der Waals surface area contributed by atoms with Crippen molar-refractivity contribution in [3.05, 3.63) is 52.7 Å². The highest BCUT2D eigenvalue weighted by molar-refractivity contribution is 7.89. The molecular formula is C22H32N2O4S2. The number of ether oxygens (including phenoxy) is 1. The average Bonchev–Trinajstić information content (AvgIpc) is 3.18. The van der Waals surface area contributed by atoms with E-state index in [-0.39, 0.29) is 24.0 Å². The Labute approximate surface area is 184 Å². The van der Waals surface area contributed by atoms with Crippen molar-refractivity contribution in [1.29, 1.82) is 0 Å². The van der Waals surface area contributed by atoms with Crippen LogP contribution in [0.4, 0.5) is 4.79 Å². The largest absolute Gasteiger partial charge is 0.444 e. The molecule has 0 fully saturated rings. The van der Waals surface area contributed by atoms with Crippen molar-refractivity contribution in [3.8, 4) is 0 Å². The number of nitrogens with zero attached hydrogens (tertiary/aromatic N) is 1. The molecule has 1 heterocycles. The highest BCUT2D eigenvalue weighted by atomic mass is 32.2. The van der Waals surface area contributed by atoms with Crippen LogP contribution in [-0.4, -0.2) is 37.0 Å². The predicted molar refractivity (Wildman–Crippen MR) is 121 cm³/mol. The number of carbonyl (C=O) groups excluding carboxylic acids is 1. The standard InChI is InChI=1S/C22H32N2O4S2/c1-5-6-11-18(23-21(25)28-22(2,3)4)16-24(17-19-12-10-15-29-19)30(26,27)20-13-8-7-9-14-20/h7-10,12-15,18H,5-6,11,16-17H2,1-4H3,(H,23,25)/t18-/m0/s1. The quantitative estimate of drug-likeness (QED) is 0.549. The zero-order valence-corrected chi connectivity index (χ0v) is 19.8. The van der Waals surface area contributed by atoms with Gasteiger partial charge in [0, 0.05) is 24.0 Å². The number of thiophene rings is 1. The smallest absolute Gasteiger partial charge is 0.407 e. The van der Waals surface area contributed by atoms with E-state index in [1.54, 1.807) is 51.1 Å². The lowest BCUT2D eigenvalue weighted by Gasteiger charge is -2.28. The fraction of sp³-hybridized carbons (Fsp3) is 0.500. The first-order valence-corrected chi connectivity index (χ1v) is 12.5. The van der Waals surface area contributed by atoms with Crippen molar-refractivity contribution in [2.45, 2.75) is 70.0 Å². The van der Waals surface area contributed by atoms with Crippen molar-refractivity contribution >= 4 is 27.5 Å². The van der Waals surface area contributed by atoms with Gasteiger partial charge in [0.15, 0.2) is 0 Å². The number of benzene rings is 1. The molecular weight excluding hydrogens is 420 g/mol. The Morgan fingerprint density at radius 2 is 1.87 bits per heavy atom. The summed E-state index contributed by atoms with van der Waals surface area (Å²) in [5.41, 5.74) is -0.619. The lowest BCUT2D eigenvalue weighted by Crippen LogP contribution is -2.46. The second-order valence-electron chi connectivity index (χ2n) is 8.18. The summed E-state index contributed by atoms with van der Waals surface area (Å²) in [7, 11) is -3.72. The number of carbonyl (C=O) groups is 1. The molecule has 166 valence electrons. The first kappa shape index (κ1) is 24.4. The van der Waals surface area contributed by atoms with Crippen LogP contribution in [0.2, 0.25) is 0 Å². The third-order valence-corrected chi connectivity index (χ3v) is 7.03. The van der Waals surface area contributed by atoms with Crippen LogP contribution in [-0.2, 0) is 21.3 Å². The molecule has 6 nitrogen and oxygen atoms in total. The summed E-state index contributed by atoms with van der Waals surface area (Å²) >= 11 is 1.51. The van der Waals surface area contributed by atoms with Gasteiger partial charge < -0.3 is 10.1 Å². The maximum absolute atomic E-state index is 13.4. The van der Waals surface area contributed by atoms with Crippen molar-refractivity contribution < 1.29 is 17.9 Å². The normalized spacial score (nSPS) is 13.2. The van der Waals surface area contributed by atoms with Crippen LogP contribution >= 0.6 is 11.3 Å². The van der Waals surface area contributed by atoms with Crippen molar-refractivity contribution in [3.63, 3.8) is 0 Å². The number of rotatable bonds is 10. The van der Waals surface area contributed by atoms with Crippen molar-refractivity contribution in [2.75, 3.05) is 6.54 Å². The van der Waals surface area contributed by atoms with Gasteiger partial charge in [-0.2, -0.15) is 4.31 Å². The summed E-state index contributed by atoms with van der Waals surface area (Å²) in [6.45, 7) is 7.90. The van der Waals surface area contributed by atoms with Gasteiger partial charge in [-0.15, -0.1) is 11.3 Å². The van der Waals surface area contributed by atoms with Gasteiger partial charge in [0.2, 0.25) is 10.0 Å². The van der Waals surface area contributed by atoms with E-state index in [1.165, 1.54) is 15.6 Å². The minimum absolute atomic E-state index is 0.175. The number of nitrogens with one attached hydrogen (secondary N) is 1. The van der Waals surface area contributed by atoms with Gasteiger partial charge in [0.25, 0.3) is 0 Å². The second kappa shape index (κ2) is 10.9. The summed E-state index contributed by atoms with van der Waals surface area (Å²) in [5, 5.41) is 4.80. The highest BCUT2D eigenvalue weighted by Crippen LogP contribution is 2.22. The number of amides is 1. The Hall–Kier alpha value is -1.90. The minimum atomic E-state index is -3.72. The summed E-state index contributed by atoms with van der Waals surface area (Å²) in [5.74, 6) is 0. The number of hydrogen-bond donors (Lipinski definition) is 1. The van der Waals surface area contributed by atoms with E-state index < -0.39 is 21.7 Å². The molecule has 0 aliphatic rings. The summed E-state index contributed by atoms with van der Waals surface area (Å²) < 4.78 is 33.6. The molecule has 8 heteroatoms. The first-order valence-electron chi connectivity index (χ1n) is 10.2. The molecule has 2 rings (SSSR count). The Balaban J connectivity index is 2.26. The van der Waals surface area contributed by atoms with Gasteiger partial charge in [-0.05, 0) is 50.8 Å². The van der Waals surface area contributed by atoms with Gasteiger partial charge in [-0.3, -0.25) is 0 Å². The molecule has 1 aromatic heterocycles. The molecule has 1 N–H and O–H groups in total. The molecule has 0 saturated heterocycles. The number of sulfonamides is 1. The zero-order chi connectivity index (χ0) is 22.2. The summed E-state index contributed by atoms with van der Waals surface area (Å²) in [6, 6.07) is 11.9. The van der Waals surface area contributed by atoms with E-state index >= 15 is 0 Å². The minimum Gasteiger partial charge on any atom is -0.444 e. The molecule has 0 aliphatic carbocycles. The van der Waals surface area contributed by atoms with Crippen LogP contribution in [0, 0.1) is 0 Å². The van der Waals surface area contributed by atoms with E-state index in [0.717, 1.165) is 17.7 Å². The fourth-order valence-electron chi connectivity index (χ4n) is 2.95. The molecule has 1 atom stereocenters. The van der Waals surface area contributed by atoms with Gasteiger partial charge in [-0.25, -0.2) is 13.2 Å². The van der Waals surface area contributed by atoms with E-state index in [4.69, 9.17) is 4.74 Å². The topological polar surface area (TPSA) is 75.7 Å². The lowest BCUT2D eigenvalue weighted by molar-refractivity contribution is 0.0494. The maximum atomic E-state index is 13.4. The van der Waals surface area contributed by atoms with Crippen LogP contribution < -0.4 is 5.32 Å². The number of alkyl carbamates (subject to hydrolysis) is 1. The Bertz CT molecular complexity index is 876. The summed E-state index contributed by atoms with van der Waals surface area (Å²) in [4.78, 5) is 13.5. The SMILES string of the molecule is CCCC[C@@H](CN(Cc1cccs1)S(=O)(=O)c1ccccc1)NC(=O)OC(C)(C)C. The monoisotopic (exact) mass is 452 g/mol. The van der Waals surface area contributed by atoms with Crippen molar-refractivity contribution in [2.24, 2.45) is 0 Å². The molecule has 0 saturated carbocycles. The number of unbranched alkanes of at least 4 members (excludes halogenated alkanes) is 1. The predicted octanol–water partition coefficient (Wildman–Crippen LogP) is 5.02. The second-order valence-corrected chi connectivity index (χ2v) is 11.1. The number of hydrogen-bond acceptors (Lipinski definition) is 5. The van der Waals surface area contributed by atoms with Crippen molar-refractivity contribution in [1.82, 2.24) is 9.62 Å². The lowest BCUT2D eigenvalue weighted by atomic mass is 10.1. The van der Waals surface area contributed by atoms with E-state index in [1.807, 2.05) is 17.5 Å². The van der Waals surface area contributed by atoms with Gasteiger partial charge in [-0.1, -0.05) is 44.0 Å². The molecule has 0 unspecified atom stereocenters. The molecule has 30 heavy (non-hydrogen) atoms. The first-order chi connectivity index (χ1) is 14.1. The van der Waals surface area contributed by atoms with Crippen LogP contribution in [0.3, 0.4) is 0 Å². The van der Waals surface area contributed by atoms with Gasteiger partial charge in [0.05, 0.1) is 4.90 Å². The zero-order valence-electron chi connectivity index (χ0n) is 18.1. The molecule has 1 aromatic carbocycles. The molecule has 1 amide bonds. The van der Waals surface area contributed by atoms with E-state index in [9.17, 15) is 13.2 Å². The third-order valence-electron chi connectivity index (χ3n) is 4.34. The molecule has 0 bridgehead atoms. The van der Waals surface area contributed by atoms with Gasteiger partial charge in [0.1, 0.15) is 5.60 Å². The molecule has 2 aromatic rings. The summed E-state index contributed by atoms with van der Waals surface area (Å²) in [6.07, 6.45) is 1.96. The van der Waals surface area contributed by atoms with Crippen LogP contribution in [0.1, 0.15) is 51.8 Å². The van der Waals surface area contributed by atoms with Crippen LogP contribution in [0.25, 0.3) is 0 Å². The Kier molecular flexibility index (Phi) is 8.88.